The van der Waals surface area contributed by atoms with Crippen LogP contribution >= 0.6 is 11.8 Å². The van der Waals surface area contributed by atoms with Gasteiger partial charge in [-0.2, -0.15) is 0 Å². The summed E-state index contributed by atoms with van der Waals surface area (Å²) in [5, 5.41) is 10.1. The number of hydrogen-bond acceptors (Lipinski definition) is 3. The van der Waals surface area contributed by atoms with E-state index in [4.69, 9.17) is 0 Å². The van der Waals surface area contributed by atoms with E-state index in [0.29, 0.717) is 5.92 Å². The first kappa shape index (κ1) is 14.6. The molecule has 0 N–H and O–H groups in total. The van der Waals surface area contributed by atoms with E-state index in [9.17, 15) is 0 Å². The van der Waals surface area contributed by atoms with Crippen molar-refractivity contribution >= 4 is 11.8 Å². The molecule has 0 aliphatic heterocycles. The van der Waals surface area contributed by atoms with Crippen molar-refractivity contribution in [2.45, 2.75) is 56.6 Å². The molecule has 0 atom stereocenters. The third kappa shape index (κ3) is 3.49. The molecule has 2 aromatic rings. The van der Waals surface area contributed by atoms with Crippen LogP contribution in [0.4, 0.5) is 0 Å². The van der Waals surface area contributed by atoms with Crippen molar-refractivity contribution in [3.63, 3.8) is 0 Å². The van der Waals surface area contributed by atoms with E-state index in [1.54, 1.807) is 11.8 Å². The zero-order valence-corrected chi connectivity index (χ0v) is 13.5. The van der Waals surface area contributed by atoms with Gasteiger partial charge in [0, 0.05) is 5.92 Å². The summed E-state index contributed by atoms with van der Waals surface area (Å²) in [6.45, 7) is 3.06. The van der Waals surface area contributed by atoms with Crippen molar-refractivity contribution in [3.8, 4) is 0 Å². The quantitative estimate of drug-likeness (QED) is 0.763. The van der Waals surface area contributed by atoms with E-state index in [1.807, 2.05) is 0 Å². The minimum Gasteiger partial charge on any atom is -0.301 e. The largest absolute Gasteiger partial charge is 0.301 e. The van der Waals surface area contributed by atoms with Crippen molar-refractivity contribution in [2.75, 3.05) is 5.75 Å². The molecule has 0 bridgehead atoms. The Morgan fingerprint density at radius 3 is 2.57 bits per heavy atom. The fourth-order valence-corrected chi connectivity index (χ4v) is 3.78. The number of rotatable bonds is 5. The first-order chi connectivity index (χ1) is 10.4. The van der Waals surface area contributed by atoms with E-state index < -0.39 is 0 Å². The summed E-state index contributed by atoms with van der Waals surface area (Å²) >= 11 is 1.80. The molecule has 1 heterocycles. The Morgan fingerprint density at radius 2 is 1.86 bits per heavy atom. The van der Waals surface area contributed by atoms with E-state index in [0.717, 1.165) is 17.5 Å². The molecule has 0 radical (unpaired) electrons. The van der Waals surface area contributed by atoms with E-state index >= 15 is 0 Å². The van der Waals surface area contributed by atoms with Crippen LogP contribution in [0.5, 0.6) is 0 Å². The van der Waals surface area contributed by atoms with Crippen LogP contribution in [0.25, 0.3) is 0 Å². The summed E-state index contributed by atoms with van der Waals surface area (Å²) in [4.78, 5) is 0. The van der Waals surface area contributed by atoms with Gasteiger partial charge >= 0.3 is 0 Å². The van der Waals surface area contributed by atoms with Crippen LogP contribution in [0.3, 0.4) is 0 Å². The predicted octanol–water partition coefficient (Wildman–Crippen LogP) is 4.49. The maximum absolute atomic E-state index is 4.55. The molecule has 0 spiro atoms. The SMILES string of the molecule is CCSc1nnc(C2CCCCC2)n1Cc1ccccc1. The standard InChI is InChI=1S/C17H23N3S/c1-2-21-17-19-18-16(15-11-7-4-8-12-15)20(17)13-14-9-5-3-6-10-14/h3,5-6,9-10,15H,2,4,7-8,11-13H2,1H3. The molecular formula is C17H23N3S. The van der Waals surface area contributed by atoms with Crippen LogP contribution < -0.4 is 0 Å². The Kier molecular flexibility index (Phi) is 4.96. The molecule has 0 amide bonds. The number of thioether (sulfide) groups is 1. The highest BCUT2D eigenvalue weighted by atomic mass is 32.2. The predicted molar refractivity (Wildman–Crippen MR) is 87.8 cm³/mol. The molecule has 0 saturated heterocycles. The number of nitrogens with zero attached hydrogens (tertiary/aromatic N) is 3. The summed E-state index contributed by atoms with van der Waals surface area (Å²) in [7, 11) is 0. The Hall–Kier alpha value is -1.29. The monoisotopic (exact) mass is 301 g/mol. The Labute approximate surface area is 131 Å². The average Bonchev–Trinajstić information content (AvgIpc) is 2.92. The lowest BCUT2D eigenvalue weighted by Crippen LogP contribution is -2.13. The molecule has 1 aliphatic rings. The Morgan fingerprint density at radius 1 is 1.10 bits per heavy atom. The van der Waals surface area contributed by atoms with Gasteiger partial charge in [-0.1, -0.05) is 68.3 Å². The fourth-order valence-electron chi connectivity index (χ4n) is 3.11. The van der Waals surface area contributed by atoms with Crippen LogP contribution in [0.2, 0.25) is 0 Å². The molecule has 1 fully saturated rings. The first-order valence-corrected chi connectivity index (χ1v) is 8.97. The maximum Gasteiger partial charge on any atom is 0.191 e. The molecule has 1 saturated carbocycles. The van der Waals surface area contributed by atoms with Crippen molar-refractivity contribution in [1.82, 2.24) is 14.8 Å². The van der Waals surface area contributed by atoms with Crippen molar-refractivity contribution in [2.24, 2.45) is 0 Å². The molecule has 3 nitrogen and oxygen atoms in total. The molecule has 1 aromatic heterocycles. The van der Waals surface area contributed by atoms with E-state index in [2.05, 4.69) is 52.0 Å². The zero-order valence-electron chi connectivity index (χ0n) is 12.7. The summed E-state index contributed by atoms with van der Waals surface area (Å²) < 4.78 is 2.35. The zero-order chi connectivity index (χ0) is 14.5. The minimum atomic E-state index is 0.598. The van der Waals surface area contributed by atoms with Gasteiger partial charge in [-0.05, 0) is 24.2 Å². The van der Waals surface area contributed by atoms with Crippen LogP contribution in [-0.4, -0.2) is 20.5 Å². The lowest BCUT2D eigenvalue weighted by atomic mass is 9.88. The topological polar surface area (TPSA) is 30.7 Å². The summed E-state index contributed by atoms with van der Waals surface area (Å²) in [6.07, 6.45) is 6.57. The number of hydrogen-bond donors (Lipinski definition) is 0. The Balaban J connectivity index is 1.88. The highest BCUT2D eigenvalue weighted by Crippen LogP contribution is 2.33. The van der Waals surface area contributed by atoms with E-state index in [-0.39, 0.29) is 0 Å². The third-order valence-electron chi connectivity index (χ3n) is 4.17. The van der Waals surface area contributed by atoms with Crippen LogP contribution in [-0.2, 0) is 6.54 Å². The normalized spacial score (nSPS) is 16.2. The van der Waals surface area contributed by atoms with Gasteiger partial charge in [0.2, 0.25) is 0 Å². The highest BCUT2D eigenvalue weighted by molar-refractivity contribution is 7.99. The summed E-state index contributed by atoms with van der Waals surface area (Å²) in [5.74, 6) is 2.84. The smallest absolute Gasteiger partial charge is 0.191 e. The number of aromatic nitrogens is 3. The van der Waals surface area contributed by atoms with Gasteiger partial charge < -0.3 is 4.57 Å². The average molecular weight is 301 g/mol. The van der Waals surface area contributed by atoms with Crippen molar-refractivity contribution in [1.29, 1.82) is 0 Å². The lowest BCUT2D eigenvalue weighted by Gasteiger charge is -2.22. The first-order valence-electron chi connectivity index (χ1n) is 7.98. The second kappa shape index (κ2) is 7.12. The van der Waals surface area contributed by atoms with Crippen molar-refractivity contribution in [3.05, 3.63) is 41.7 Å². The minimum absolute atomic E-state index is 0.598. The van der Waals surface area contributed by atoms with Gasteiger partial charge in [-0.3, -0.25) is 0 Å². The van der Waals surface area contributed by atoms with Crippen LogP contribution in [0.15, 0.2) is 35.5 Å². The van der Waals surface area contributed by atoms with Crippen LogP contribution in [0.1, 0.15) is 56.3 Å². The van der Waals surface area contributed by atoms with E-state index in [1.165, 1.54) is 43.5 Å². The number of benzene rings is 1. The molecule has 112 valence electrons. The molecular weight excluding hydrogens is 278 g/mol. The molecule has 1 aromatic carbocycles. The van der Waals surface area contributed by atoms with Gasteiger partial charge in [-0.15, -0.1) is 10.2 Å². The Bertz CT molecular complexity index is 559. The van der Waals surface area contributed by atoms with Gasteiger partial charge in [0.15, 0.2) is 5.16 Å². The third-order valence-corrected chi connectivity index (χ3v) is 5.02. The molecule has 4 heteroatoms. The lowest BCUT2D eigenvalue weighted by molar-refractivity contribution is 0.415. The second-order valence-electron chi connectivity index (χ2n) is 5.68. The van der Waals surface area contributed by atoms with Gasteiger partial charge in [-0.25, -0.2) is 0 Å². The van der Waals surface area contributed by atoms with Crippen molar-refractivity contribution < 1.29 is 0 Å². The summed E-state index contributed by atoms with van der Waals surface area (Å²) in [6, 6.07) is 10.6. The molecule has 1 aliphatic carbocycles. The van der Waals surface area contributed by atoms with Crippen LogP contribution in [0, 0.1) is 0 Å². The van der Waals surface area contributed by atoms with Gasteiger partial charge in [0.1, 0.15) is 5.82 Å². The molecule has 3 rings (SSSR count). The molecule has 21 heavy (non-hydrogen) atoms. The van der Waals surface area contributed by atoms with Gasteiger partial charge in [0.05, 0.1) is 6.54 Å². The summed E-state index contributed by atoms with van der Waals surface area (Å²) in [5.41, 5.74) is 1.33. The maximum atomic E-state index is 4.55. The highest BCUT2D eigenvalue weighted by Gasteiger charge is 2.23. The molecule has 0 unspecified atom stereocenters. The second-order valence-corrected chi connectivity index (χ2v) is 6.91. The van der Waals surface area contributed by atoms with Gasteiger partial charge in [0.25, 0.3) is 0 Å². The fraction of sp³-hybridized carbons (Fsp3) is 0.529.